The smallest absolute Gasteiger partial charge is 0.00825 e. The molecule has 11 heavy (non-hydrogen) atoms. The lowest BCUT2D eigenvalue weighted by atomic mass is 9.89. The van der Waals surface area contributed by atoms with Gasteiger partial charge in [-0.3, -0.25) is 0 Å². The SMILES string of the molecule is NC1CCc2c[c]ccc2C1. The lowest BCUT2D eigenvalue weighted by Gasteiger charge is -2.20. The number of benzene rings is 1. The molecule has 0 saturated carbocycles. The summed E-state index contributed by atoms with van der Waals surface area (Å²) in [5, 5.41) is 0. The molecule has 0 bridgehead atoms. The Bertz CT molecular complexity index is 255. The third-order valence-electron chi connectivity index (χ3n) is 2.32. The molecule has 1 aliphatic carbocycles. The van der Waals surface area contributed by atoms with Crippen molar-refractivity contribution in [3.63, 3.8) is 0 Å². The molecular formula is C10H12N. The van der Waals surface area contributed by atoms with Gasteiger partial charge in [0.25, 0.3) is 0 Å². The number of aryl methyl sites for hydroxylation is 1. The first kappa shape index (κ1) is 6.86. The average molecular weight is 146 g/mol. The van der Waals surface area contributed by atoms with Gasteiger partial charge >= 0.3 is 0 Å². The Morgan fingerprint density at radius 2 is 2.36 bits per heavy atom. The van der Waals surface area contributed by atoms with Crippen molar-refractivity contribution >= 4 is 0 Å². The van der Waals surface area contributed by atoms with Crippen molar-refractivity contribution in [1.82, 2.24) is 0 Å². The second-order valence-electron chi connectivity index (χ2n) is 3.20. The van der Waals surface area contributed by atoms with Gasteiger partial charge in [0.05, 0.1) is 0 Å². The molecule has 0 heterocycles. The van der Waals surface area contributed by atoms with Crippen LogP contribution in [0.3, 0.4) is 0 Å². The molecule has 0 aliphatic heterocycles. The van der Waals surface area contributed by atoms with Crippen LogP contribution in [0.4, 0.5) is 0 Å². The van der Waals surface area contributed by atoms with E-state index in [0.717, 1.165) is 19.3 Å². The second kappa shape index (κ2) is 2.67. The van der Waals surface area contributed by atoms with Gasteiger partial charge in [-0.1, -0.05) is 18.2 Å². The highest BCUT2D eigenvalue weighted by Crippen LogP contribution is 2.19. The first-order chi connectivity index (χ1) is 5.36. The minimum Gasteiger partial charge on any atom is -0.327 e. The summed E-state index contributed by atoms with van der Waals surface area (Å²) in [4.78, 5) is 0. The Hall–Kier alpha value is -0.820. The van der Waals surface area contributed by atoms with E-state index in [-0.39, 0.29) is 0 Å². The van der Waals surface area contributed by atoms with Gasteiger partial charge in [0.15, 0.2) is 0 Å². The Kier molecular flexibility index (Phi) is 1.66. The lowest BCUT2D eigenvalue weighted by Crippen LogP contribution is -2.27. The molecule has 1 aromatic carbocycles. The largest absolute Gasteiger partial charge is 0.327 e. The molecule has 57 valence electrons. The minimum absolute atomic E-state index is 0.380. The van der Waals surface area contributed by atoms with Gasteiger partial charge in [0.2, 0.25) is 0 Å². The highest BCUT2D eigenvalue weighted by Gasteiger charge is 2.13. The number of fused-ring (bicyclic) bond motifs is 1. The maximum Gasteiger partial charge on any atom is 0.00825 e. The number of hydrogen-bond acceptors (Lipinski definition) is 1. The maximum atomic E-state index is 5.84. The Labute approximate surface area is 67.2 Å². The first-order valence-electron chi connectivity index (χ1n) is 4.09. The van der Waals surface area contributed by atoms with Crippen molar-refractivity contribution < 1.29 is 0 Å². The van der Waals surface area contributed by atoms with E-state index in [1.54, 1.807) is 0 Å². The second-order valence-corrected chi connectivity index (χ2v) is 3.20. The fourth-order valence-corrected chi connectivity index (χ4v) is 1.65. The summed E-state index contributed by atoms with van der Waals surface area (Å²) in [6, 6.07) is 9.66. The van der Waals surface area contributed by atoms with E-state index >= 15 is 0 Å². The van der Waals surface area contributed by atoms with Crippen molar-refractivity contribution in [3.8, 4) is 0 Å². The van der Waals surface area contributed by atoms with Gasteiger partial charge in [0, 0.05) is 6.04 Å². The van der Waals surface area contributed by atoms with Gasteiger partial charge in [-0.05, 0) is 36.5 Å². The molecule has 1 aliphatic rings. The molecule has 2 rings (SSSR count). The predicted octanol–water partition coefficient (Wildman–Crippen LogP) is 1.30. The van der Waals surface area contributed by atoms with Gasteiger partial charge < -0.3 is 5.73 Å². The Morgan fingerprint density at radius 3 is 3.27 bits per heavy atom. The van der Waals surface area contributed by atoms with Crippen LogP contribution < -0.4 is 5.73 Å². The average Bonchev–Trinajstić information content (AvgIpc) is 2.04. The summed E-state index contributed by atoms with van der Waals surface area (Å²) in [6.45, 7) is 0. The summed E-state index contributed by atoms with van der Waals surface area (Å²) in [7, 11) is 0. The fourth-order valence-electron chi connectivity index (χ4n) is 1.65. The standard InChI is InChI=1S/C10H12N/c11-10-6-5-8-3-1-2-4-9(8)7-10/h2-4,10H,5-7,11H2. The van der Waals surface area contributed by atoms with Crippen molar-refractivity contribution in [1.29, 1.82) is 0 Å². The van der Waals surface area contributed by atoms with Crippen molar-refractivity contribution in [2.75, 3.05) is 0 Å². The molecule has 1 atom stereocenters. The summed E-state index contributed by atoms with van der Waals surface area (Å²) in [5.41, 5.74) is 8.70. The third-order valence-corrected chi connectivity index (χ3v) is 2.32. The third kappa shape index (κ3) is 1.29. The van der Waals surface area contributed by atoms with Crippen LogP contribution in [0.25, 0.3) is 0 Å². The molecule has 2 N–H and O–H groups in total. The van der Waals surface area contributed by atoms with Crippen LogP contribution in [0.2, 0.25) is 0 Å². The summed E-state index contributed by atoms with van der Waals surface area (Å²) in [6.07, 6.45) is 3.31. The van der Waals surface area contributed by atoms with Crippen molar-refractivity contribution in [2.24, 2.45) is 5.73 Å². The molecule has 1 heteroatoms. The van der Waals surface area contributed by atoms with Gasteiger partial charge in [0.1, 0.15) is 0 Å². The Morgan fingerprint density at radius 1 is 1.45 bits per heavy atom. The van der Waals surface area contributed by atoms with Crippen LogP contribution in [0.5, 0.6) is 0 Å². The molecule has 0 amide bonds. The zero-order valence-corrected chi connectivity index (χ0v) is 6.51. The van der Waals surface area contributed by atoms with Gasteiger partial charge in [-0.15, -0.1) is 0 Å². The topological polar surface area (TPSA) is 26.0 Å². The minimum atomic E-state index is 0.380. The van der Waals surface area contributed by atoms with Crippen LogP contribution in [0.15, 0.2) is 18.2 Å². The summed E-state index contributed by atoms with van der Waals surface area (Å²) in [5.74, 6) is 0. The van der Waals surface area contributed by atoms with E-state index in [9.17, 15) is 0 Å². The van der Waals surface area contributed by atoms with Gasteiger partial charge in [-0.25, -0.2) is 0 Å². The Balaban J connectivity index is 2.34. The monoisotopic (exact) mass is 146 g/mol. The van der Waals surface area contributed by atoms with Crippen molar-refractivity contribution in [2.45, 2.75) is 25.3 Å². The number of hydrogen-bond donors (Lipinski definition) is 1. The van der Waals surface area contributed by atoms with E-state index in [2.05, 4.69) is 18.2 Å². The van der Waals surface area contributed by atoms with Crippen LogP contribution in [-0.2, 0) is 12.8 Å². The normalized spacial score (nSPS) is 22.8. The zero-order chi connectivity index (χ0) is 7.68. The highest BCUT2D eigenvalue weighted by molar-refractivity contribution is 5.29. The molecule has 1 radical (unpaired) electrons. The van der Waals surface area contributed by atoms with Crippen LogP contribution >= 0.6 is 0 Å². The molecule has 1 unspecified atom stereocenters. The number of rotatable bonds is 0. The fraction of sp³-hybridized carbons (Fsp3) is 0.400. The zero-order valence-electron chi connectivity index (χ0n) is 6.51. The van der Waals surface area contributed by atoms with Crippen LogP contribution in [0, 0.1) is 6.07 Å². The maximum absolute atomic E-state index is 5.84. The van der Waals surface area contributed by atoms with Crippen LogP contribution in [0.1, 0.15) is 17.5 Å². The van der Waals surface area contributed by atoms with Crippen molar-refractivity contribution in [3.05, 3.63) is 35.4 Å². The van der Waals surface area contributed by atoms with E-state index in [4.69, 9.17) is 5.73 Å². The van der Waals surface area contributed by atoms with E-state index < -0.39 is 0 Å². The highest BCUT2D eigenvalue weighted by atomic mass is 14.6. The van der Waals surface area contributed by atoms with Crippen LogP contribution in [-0.4, -0.2) is 6.04 Å². The van der Waals surface area contributed by atoms with E-state index in [1.807, 2.05) is 6.07 Å². The molecule has 0 saturated heterocycles. The summed E-state index contributed by atoms with van der Waals surface area (Å²) >= 11 is 0. The molecular weight excluding hydrogens is 134 g/mol. The summed E-state index contributed by atoms with van der Waals surface area (Å²) < 4.78 is 0. The predicted molar refractivity (Wildman–Crippen MR) is 45.3 cm³/mol. The molecule has 0 aromatic heterocycles. The molecule has 0 fully saturated rings. The quantitative estimate of drug-likeness (QED) is 0.586. The number of nitrogens with two attached hydrogens (primary N) is 1. The molecule has 0 spiro atoms. The lowest BCUT2D eigenvalue weighted by molar-refractivity contribution is 0.576. The van der Waals surface area contributed by atoms with E-state index in [0.29, 0.717) is 6.04 Å². The first-order valence-corrected chi connectivity index (χ1v) is 4.09. The van der Waals surface area contributed by atoms with Gasteiger partial charge in [-0.2, -0.15) is 0 Å². The van der Waals surface area contributed by atoms with E-state index in [1.165, 1.54) is 11.1 Å². The molecule has 1 aromatic rings. The molecule has 1 nitrogen and oxygen atoms in total.